The smallest absolute Gasteiger partial charge is 0.340 e. The third kappa shape index (κ3) is 5.02. The van der Waals surface area contributed by atoms with E-state index in [4.69, 9.17) is 0 Å². The molecule has 4 rings (SSSR count). The lowest BCUT2D eigenvalue weighted by Gasteiger charge is -2.28. The number of nitrogens with zero attached hydrogens (tertiary/aromatic N) is 4. The summed E-state index contributed by atoms with van der Waals surface area (Å²) >= 11 is 0. The van der Waals surface area contributed by atoms with Crippen LogP contribution in [0, 0.1) is 0 Å². The van der Waals surface area contributed by atoms with Gasteiger partial charge in [-0.15, -0.1) is 0 Å². The van der Waals surface area contributed by atoms with Crippen LogP contribution < -0.4 is 10.7 Å². The van der Waals surface area contributed by atoms with Gasteiger partial charge in [0.2, 0.25) is 0 Å². The molecule has 2 amide bonds. The number of anilines is 2. The van der Waals surface area contributed by atoms with E-state index in [9.17, 15) is 18.0 Å². The van der Waals surface area contributed by atoms with Crippen molar-refractivity contribution in [3.8, 4) is 0 Å². The number of hydrogen-bond acceptors (Lipinski definition) is 5. The summed E-state index contributed by atoms with van der Waals surface area (Å²) in [6.07, 6.45) is -1.06. The van der Waals surface area contributed by atoms with Crippen LogP contribution in [0.1, 0.15) is 22.4 Å². The molecule has 32 heavy (non-hydrogen) atoms. The summed E-state index contributed by atoms with van der Waals surface area (Å²) in [6.45, 7) is 0.629. The second kappa shape index (κ2) is 9.04. The van der Waals surface area contributed by atoms with Crippen LogP contribution >= 0.6 is 0 Å². The van der Waals surface area contributed by atoms with Crippen LogP contribution in [0.3, 0.4) is 0 Å². The monoisotopic (exact) mass is 440 g/mol. The van der Waals surface area contributed by atoms with Crippen molar-refractivity contribution >= 4 is 23.8 Å². The summed E-state index contributed by atoms with van der Waals surface area (Å²) in [5, 5.41) is 6.91. The Bertz CT molecular complexity index is 1130. The lowest BCUT2D eigenvalue weighted by Crippen LogP contribution is -2.41. The average Bonchev–Trinajstić information content (AvgIpc) is 2.79. The number of benzene rings is 2. The fraction of sp³-hybridized carbons (Fsp3) is 0.182. The number of amides is 2. The number of fused-ring (bicyclic) bond motifs is 1. The van der Waals surface area contributed by atoms with Gasteiger partial charge in [0.25, 0.3) is 0 Å². The Labute approximate surface area is 182 Å². The van der Waals surface area contributed by atoms with Gasteiger partial charge in [-0.2, -0.15) is 18.3 Å². The van der Waals surface area contributed by atoms with Crippen molar-refractivity contribution < 1.29 is 18.0 Å². The van der Waals surface area contributed by atoms with E-state index in [0.29, 0.717) is 24.3 Å². The zero-order valence-electron chi connectivity index (χ0n) is 16.8. The lowest BCUT2D eigenvalue weighted by molar-refractivity contribution is -0.137. The van der Waals surface area contributed by atoms with Crippen molar-refractivity contribution in [1.82, 2.24) is 20.3 Å². The van der Waals surface area contributed by atoms with Crippen LogP contribution in [-0.4, -0.2) is 33.7 Å². The highest BCUT2D eigenvalue weighted by Gasteiger charge is 2.30. The number of aromatic nitrogens is 2. The van der Waals surface area contributed by atoms with Crippen LogP contribution in [0.4, 0.5) is 29.5 Å². The van der Waals surface area contributed by atoms with Gasteiger partial charge in [0.05, 0.1) is 24.0 Å². The fourth-order valence-electron chi connectivity index (χ4n) is 3.30. The van der Waals surface area contributed by atoms with Crippen molar-refractivity contribution in [2.75, 3.05) is 11.9 Å². The van der Waals surface area contributed by atoms with Gasteiger partial charge < -0.3 is 10.2 Å². The second-order valence-electron chi connectivity index (χ2n) is 7.11. The number of hydrazone groups is 1. The third-order valence-electron chi connectivity index (χ3n) is 4.92. The first kappa shape index (κ1) is 21.3. The zero-order chi connectivity index (χ0) is 22.6. The molecular weight excluding hydrogens is 421 g/mol. The molecule has 2 N–H and O–H groups in total. The van der Waals surface area contributed by atoms with Crippen LogP contribution in [0.5, 0.6) is 0 Å². The van der Waals surface area contributed by atoms with Crippen LogP contribution in [0.25, 0.3) is 0 Å². The minimum Gasteiger partial charge on any atom is -0.340 e. The van der Waals surface area contributed by atoms with Gasteiger partial charge >= 0.3 is 12.2 Å². The Kier molecular flexibility index (Phi) is 6.02. The normalized spacial score (nSPS) is 13.7. The number of urea groups is 1. The van der Waals surface area contributed by atoms with E-state index >= 15 is 0 Å². The Hall–Kier alpha value is -3.95. The topological polar surface area (TPSA) is 82.5 Å². The van der Waals surface area contributed by atoms with Crippen molar-refractivity contribution in [1.29, 1.82) is 0 Å². The number of halogens is 3. The molecule has 0 radical (unpaired) electrons. The molecule has 1 aliphatic rings. The first-order valence-corrected chi connectivity index (χ1v) is 9.80. The minimum absolute atomic E-state index is 0.199. The van der Waals surface area contributed by atoms with E-state index in [1.54, 1.807) is 11.1 Å². The number of nitrogens with one attached hydrogen (secondary N) is 2. The van der Waals surface area contributed by atoms with Crippen molar-refractivity contribution in [3.05, 3.63) is 83.3 Å². The van der Waals surface area contributed by atoms with Crippen LogP contribution in [-0.2, 0) is 19.1 Å². The number of rotatable bonds is 4. The minimum atomic E-state index is -4.45. The molecule has 0 saturated carbocycles. The van der Waals surface area contributed by atoms with Gasteiger partial charge in [0.15, 0.2) is 0 Å². The molecule has 7 nitrogen and oxygen atoms in total. The molecule has 0 bridgehead atoms. The average molecular weight is 440 g/mol. The molecule has 0 fully saturated rings. The number of hydrogen-bond donors (Lipinski definition) is 2. The first-order chi connectivity index (χ1) is 15.4. The Morgan fingerprint density at radius 3 is 2.69 bits per heavy atom. The Balaban J connectivity index is 1.47. The predicted octanol–water partition coefficient (Wildman–Crippen LogP) is 4.34. The van der Waals surface area contributed by atoms with E-state index in [1.165, 1.54) is 18.5 Å². The third-order valence-corrected chi connectivity index (χ3v) is 4.92. The standard InChI is InChI=1S/C22H19F3N6O/c23-22(24,25)16-7-4-8-17(11-16)29-20-18-13-31(10-9-19(18)26-14-27-20)21(32)30-28-12-15-5-2-1-3-6-15/h1-8,11-12,14H,9-10,13H2,(H,30,32)(H,26,27,29)/b28-12+. The van der Waals surface area contributed by atoms with Crippen LogP contribution in [0.2, 0.25) is 0 Å². The van der Waals surface area contributed by atoms with E-state index < -0.39 is 17.8 Å². The Morgan fingerprint density at radius 1 is 1.09 bits per heavy atom. The van der Waals surface area contributed by atoms with Gasteiger partial charge in [-0.05, 0) is 23.8 Å². The van der Waals surface area contributed by atoms with E-state index in [1.807, 2.05) is 30.3 Å². The molecule has 164 valence electrons. The lowest BCUT2D eigenvalue weighted by atomic mass is 10.1. The second-order valence-corrected chi connectivity index (χ2v) is 7.11. The van der Waals surface area contributed by atoms with Gasteiger partial charge in [0, 0.05) is 24.2 Å². The molecule has 3 aromatic rings. The highest BCUT2D eigenvalue weighted by molar-refractivity contribution is 5.82. The summed E-state index contributed by atoms with van der Waals surface area (Å²) in [4.78, 5) is 22.5. The van der Waals surface area contributed by atoms with Gasteiger partial charge in [-0.3, -0.25) is 0 Å². The van der Waals surface area contributed by atoms with Crippen LogP contribution in [0.15, 0.2) is 66.0 Å². The molecule has 2 aromatic carbocycles. The van der Waals surface area contributed by atoms with Crippen molar-refractivity contribution in [2.24, 2.45) is 5.10 Å². The van der Waals surface area contributed by atoms with Crippen molar-refractivity contribution in [2.45, 2.75) is 19.1 Å². The highest BCUT2D eigenvalue weighted by Crippen LogP contribution is 2.32. The maximum atomic E-state index is 13.0. The largest absolute Gasteiger partial charge is 0.416 e. The summed E-state index contributed by atoms with van der Waals surface area (Å²) < 4.78 is 39.0. The highest BCUT2D eigenvalue weighted by atomic mass is 19.4. The number of carbonyl (C=O) groups excluding carboxylic acids is 1. The molecule has 0 saturated heterocycles. The maximum Gasteiger partial charge on any atom is 0.416 e. The summed E-state index contributed by atoms with van der Waals surface area (Å²) in [5.74, 6) is 0.361. The molecule has 2 heterocycles. The van der Waals surface area contributed by atoms with E-state index in [2.05, 4.69) is 25.8 Å². The molecule has 0 atom stereocenters. The SMILES string of the molecule is O=C(N/N=C/c1ccccc1)N1CCc2ncnc(Nc3cccc(C(F)(F)F)c3)c2C1. The van der Waals surface area contributed by atoms with E-state index in [-0.39, 0.29) is 12.2 Å². The molecule has 10 heteroatoms. The number of alkyl halides is 3. The quantitative estimate of drug-likeness (QED) is 0.467. The predicted molar refractivity (Wildman–Crippen MR) is 113 cm³/mol. The van der Waals surface area contributed by atoms with Gasteiger partial charge in [-0.25, -0.2) is 20.2 Å². The molecule has 0 spiro atoms. The number of carbonyl (C=O) groups is 1. The molecular formula is C22H19F3N6O. The van der Waals surface area contributed by atoms with Gasteiger partial charge in [0.1, 0.15) is 12.1 Å². The van der Waals surface area contributed by atoms with Crippen molar-refractivity contribution in [3.63, 3.8) is 0 Å². The first-order valence-electron chi connectivity index (χ1n) is 9.80. The van der Waals surface area contributed by atoms with Gasteiger partial charge in [-0.1, -0.05) is 36.4 Å². The summed E-state index contributed by atoms with van der Waals surface area (Å²) in [5.41, 5.74) is 4.22. The van der Waals surface area contributed by atoms with E-state index in [0.717, 1.165) is 23.4 Å². The molecule has 1 aromatic heterocycles. The summed E-state index contributed by atoms with van der Waals surface area (Å²) in [6, 6.07) is 13.8. The Morgan fingerprint density at radius 2 is 1.91 bits per heavy atom. The molecule has 1 aliphatic heterocycles. The maximum absolute atomic E-state index is 13.0. The zero-order valence-corrected chi connectivity index (χ0v) is 16.8. The summed E-state index contributed by atoms with van der Waals surface area (Å²) in [7, 11) is 0. The fourth-order valence-corrected chi connectivity index (χ4v) is 3.30. The molecule has 0 unspecified atom stereocenters. The molecule has 0 aliphatic carbocycles.